The number of aromatic nitrogens is 2. The van der Waals surface area contributed by atoms with Gasteiger partial charge in [-0.05, 0) is 56.5 Å². The second-order valence-corrected chi connectivity index (χ2v) is 12.5. The number of carbonyl (C=O) groups excluding carboxylic acids is 1. The maximum atomic E-state index is 12.6. The van der Waals surface area contributed by atoms with E-state index in [4.69, 9.17) is 25.9 Å². The number of methoxy groups -OCH3 is 1. The minimum atomic E-state index is -0.286. The van der Waals surface area contributed by atoms with E-state index in [1.807, 2.05) is 42.5 Å². The molecule has 46 heavy (non-hydrogen) atoms. The van der Waals surface area contributed by atoms with Crippen LogP contribution in [0.5, 0.6) is 5.75 Å². The number of amides is 1. The van der Waals surface area contributed by atoms with Crippen LogP contribution in [0.4, 0.5) is 28.7 Å². The van der Waals surface area contributed by atoms with Crippen molar-refractivity contribution < 1.29 is 19.1 Å². The van der Waals surface area contributed by atoms with Gasteiger partial charge in [0.1, 0.15) is 17.9 Å². The molecule has 4 heterocycles. The van der Waals surface area contributed by atoms with Crippen LogP contribution in [0.2, 0.25) is 5.02 Å². The molecular formula is C34H42ClN7O4. The van der Waals surface area contributed by atoms with Crippen LogP contribution in [-0.2, 0) is 14.4 Å². The van der Waals surface area contributed by atoms with Gasteiger partial charge in [0.25, 0.3) is 0 Å². The number of halogens is 1. The molecular weight excluding hydrogens is 606 g/mol. The largest absolute Gasteiger partial charge is 0.494 e. The van der Waals surface area contributed by atoms with Gasteiger partial charge >= 0.3 is 0 Å². The van der Waals surface area contributed by atoms with Crippen molar-refractivity contribution in [1.82, 2.24) is 14.9 Å². The Balaban J connectivity index is 1.22. The number of hydrogen-bond donors (Lipinski definition) is 2. The van der Waals surface area contributed by atoms with Gasteiger partial charge in [-0.2, -0.15) is 0 Å². The first kappa shape index (κ1) is 32.1. The fourth-order valence-electron chi connectivity index (χ4n) is 6.75. The summed E-state index contributed by atoms with van der Waals surface area (Å²) in [4.78, 5) is 32.4. The van der Waals surface area contributed by atoms with E-state index in [0.29, 0.717) is 46.4 Å². The summed E-state index contributed by atoms with van der Waals surface area (Å²) in [5.74, 6) is 1.50. The Morgan fingerprint density at radius 3 is 2.57 bits per heavy atom. The molecule has 6 rings (SSSR count). The van der Waals surface area contributed by atoms with Crippen LogP contribution in [0, 0.1) is 0 Å². The summed E-state index contributed by atoms with van der Waals surface area (Å²) in [5, 5.41) is 8.87. The Labute approximate surface area is 275 Å². The van der Waals surface area contributed by atoms with Crippen molar-refractivity contribution >= 4 is 46.2 Å². The summed E-state index contributed by atoms with van der Waals surface area (Å²) < 4.78 is 11.8. The first-order valence-electron chi connectivity index (χ1n) is 15.9. The van der Waals surface area contributed by atoms with Crippen molar-refractivity contribution in [3.05, 3.63) is 72.0 Å². The number of benzene rings is 2. The molecule has 3 aromatic rings. The van der Waals surface area contributed by atoms with E-state index in [1.165, 1.54) is 12.4 Å². The average molecular weight is 648 g/mol. The van der Waals surface area contributed by atoms with Crippen LogP contribution in [0.1, 0.15) is 44.7 Å². The van der Waals surface area contributed by atoms with Gasteiger partial charge in [-0.3, -0.25) is 14.5 Å². The van der Waals surface area contributed by atoms with Gasteiger partial charge in [-0.1, -0.05) is 30.3 Å². The number of hydroxylamine groups is 1. The number of nitrogens with zero attached hydrogens (tertiary/aromatic N) is 5. The predicted octanol–water partition coefficient (Wildman–Crippen LogP) is 5.97. The van der Waals surface area contributed by atoms with Crippen molar-refractivity contribution in [2.24, 2.45) is 0 Å². The highest BCUT2D eigenvalue weighted by atomic mass is 35.5. The van der Waals surface area contributed by atoms with E-state index < -0.39 is 0 Å². The lowest BCUT2D eigenvalue weighted by molar-refractivity contribution is -0.111. The molecule has 2 aromatic carbocycles. The molecule has 0 aliphatic carbocycles. The molecule has 3 aliphatic rings. The van der Waals surface area contributed by atoms with E-state index in [-0.39, 0.29) is 24.2 Å². The molecule has 11 nitrogen and oxygen atoms in total. The predicted molar refractivity (Wildman–Crippen MR) is 181 cm³/mol. The zero-order valence-electron chi connectivity index (χ0n) is 26.6. The minimum Gasteiger partial charge on any atom is -0.494 e. The number of anilines is 5. The second kappa shape index (κ2) is 14.3. The van der Waals surface area contributed by atoms with Gasteiger partial charge in [0.2, 0.25) is 5.91 Å². The highest BCUT2D eigenvalue weighted by Gasteiger charge is 2.32. The highest BCUT2D eigenvalue weighted by molar-refractivity contribution is 6.30. The number of piperidine rings is 1. The fourth-order valence-corrected chi connectivity index (χ4v) is 6.95. The molecule has 12 heteroatoms. The first-order valence-corrected chi connectivity index (χ1v) is 16.3. The molecule has 2 N–H and O–H groups in total. The van der Waals surface area contributed by atoms with E-state index in [9.17, 15) is 4.79 Å². The van der Waals surface area contributed by atoms with Crippen LogP contribution in [0.3, 0.4) is 0 Å². The summed E-state index contributed by atoms with van der Waals surface area (Å²) >= 11 is 6.28. The summed E-state index contributed by atoms with van der Waals surface area (Å²) in [6, 6.07) is 13.9. The van der Waals surface area contributed by atoms with Crippen LogP contribution in [0.25, 0.3) is 0 Å². The number of morpholine rings is 1. The lowest BCUT2D eigenvalue weighted by atomic mass is 10.00. The third kappa shape index (κ3) is 7.23. The van der Waals surface area contributed by atoms with E-state index in [0.717, 1.165) is 56.7 Å². The number of rotatable bonds is 9. The second-order valence-electron chi connectivity index (χ2n) is 12.1. The average Bonchev–Trinajstić information content (AvgIpc) is 3.55. The van der Waals surface area contributed by atoms with Gasteiger partial charge in [-0.15, -0.1) is 0 Å². The van der Waals surface area contributed by atoms with Crippen molar-refractivity contribution in [3.63, 3.8) is 0 Å². The maximum absolute atomic E-state index is 12.6. The molecule has 3 fully saturated rings. The van der Waals surface area contributed by atoms with Gasteiger partial charge in [-0.25, -0.2) is 15.0 Å². The zero-order chi connectivity index (χ0) is 32.2. The lowest BCUT2D eigenvalue weighted by Gasteiger charge is -2.44. The normalized spacial score (nSPS) is 22.5. The molecule has 0 spiro atoms. The summed E-state index contributed by atoms with van der Waals surface area (Å²) in [5.41, 5.74) is 3.27. The number of nitrogens with one attached hydrogen (secondary N) is 2. The Hall–Kier alpha value is -3.90. The SMILES string of the molecule is C=CC(=O)Nc1cc(Nc2cc(N3OCC[C@@H]3c3cccc(Cl)c3)ncn2)c(OC)cc1N1CCC(N2C[C@@H](C)O[C@@H](C)C2)CC1. The van der Waals surface area contributed by atoms with E-state index in [2.05, 4.69) is 50.8 Å². The Kier molecular flexibility index (Phi) is 9.93. The first-order chi connectivity index (χ1) is 22.3. The van der Waals surface area contributed by atoms with Gasteiger partial charge in [0.05, 0.1) is 49.0 Å². The third-order valence-corrected chi connectivity index (χ3v) is 9.04. The van der Waals surface area contributed by atoms with Crippen molar-refractivity contribution in [1.29, 1.82) is 0 Å². The molecule has 0 saturated carbocycles. The van der Waals surface area contributed by atoms with Gasteiger partial charge in [0, 0.05) is 55.8 Å². The molecule has 3 aliphatic heterocycles. The zero-order valence-corrected chi connectivity index (χ0v) is 27.4. The molecule has 3 saturated heterocycles. The molecule has 0 radical (unpaired) electrons. The van der Waals surface area contributed by atoms with Crippen LogP contribution in [0.15, 0.2) is 61.4 Å². The van der Waals surface area contributed by atoms with Crippen LogP contribution < -0.4 is 25.3 Å². The van der Waals surface area contributed by atoms with E-state index in [1.54, 1.807) is 12.2 Å². The smallest absolute Gasteiger partial charge is 0.247 e. The van der Waals surface area contributed by atoms with E-state index >= 15 is 0 Å². The number of hydrogen-bond acceptors (Lipinski definition) is 10. The number of carbonyl (C=O) groups is 1. The molecule has 0 unspecified atom stereocenters. The van der Waals surface area contributed by atoms with Crippen molar-refractivity contribution in [2.45, 2.75) is 57.4 Å². The molecule has 1 aromatic heterocycles. The summed E-state index contributed by atoms with van der Waals surface area (Å²) in [7, 11) is 1.64. The quantitative estimate of drug-likeness (QED) is 0.270. The molecule has 1 amide bonds. The van der Waals surface area contributed by atoms with Crippen LogP contribution >= 0.6 is 11.6 Å². The van der Waals surface area contributed by atoms with Crippen LogP contribution in [-0.4, -0.2) is 78.9 Å². The topological polar surface area (TPSA) is 104 Å². The Morgan fingerprint density at radius 2 is 1.85 bits per heavy atom. The summed E-state index contributed by atoms with van der Waals surface area (Å²) in [6.45, 7) is 12.1. The van der Waals surface area contributed by atoms with Gasteiger partial charge in [0.15, 0.2) is 5.82 Å². The fraction of sp³-hybridized carbons (Fsp3) is 0.441. The van der Waals surface area contributed by atoms with Crippen molar-refractivity contribution in [2.75, 3.05) is 60.5 Å². The van der Waals surface area contributed by atoms with Gasteiger partial charge < -0.3 is 25.0 Å². The monoisotopic (exact) mass is 647 g/mol. The minimum absolute atomic E-state index is 0.0322. The van der Waals surface area contributed by atoms with Crippen molar-refractivity contribution in [3.8, 4) is 5.75 Å². The number of ether oxygens (including phenoxy) is 2. The highest BCUT2D eigenvalue weighted by Crippen LogP contribution is 2.41. The Morgan fingerprint density at radius 1 is 1.07 bits per heavy atom. The maximum Gasteiger partial charge on any atom is 0.247 e. The summed E-state index contributed by atoms with van der Waals surface area (Å²) in [6.07, 6.45) is 6.10. The Bertz CT molecular complexity index is 1540. The molecule has 0 bridgehead atoms. The molecule has 3 atom stereocenters. The molecule has 244 valence electrons. The standard InChI is InChI=1S/C34H42ClN7O4/c1-5-34(43)39-27-16-28(31(44-4)17-30(27)40-12-9-26(10-13-40)41-19-22(2)46-23(3)20-41)38-32-18-33(37-21-36-32)42-29(11-14-45-42)24-7-6-8-25(35)15-24/h5-8,15-18,21-23,26,29H,1,9-14,19-20H2,2-4H3,(H,39,43)(H,36,37,38)/t22-,23+,29-/m1/s1. The third-order valence-electron chi connectivity index (χ3n) is 8.81. The lowest BCUT2D eigenvalue weighted by Crippen LogP contribution is -2.53.